The molecule has 0 atom stereocenters. The molecular formula is C11H10N2. The molecule has 0 bridgehead atoms. The predicted molar refractivity (Wildman–Crippen MR) is 53.9 cm³/mol. The average Bonchev–Trinajstić information content (AvgIpc) is 2.60. The van der Waals surface area contributed by atoms with Gasteiger partial charge >= 0.3 is 0 Å². The van der Waals surface area contributed by atoms with E-state index in [4.69, 9.17) is 0 Å². The first-order valence-corrected chi connectivity index (χ1v) is 4.37. The SMILES string of the molecule is Cn1cc2c3ccccc3cc-2[nH]1. The first kappa shape index (κ1) is 6.78. The van der Waals surface area contributed by atoms with E-state index in [-0.39, 0.29) is 0 Å². The van der Waals surface area contributed by atoms with E-state index in [9.17, 15) is 0 Å². The average molecular weight is 170 g/mol. The molecule has 0 aromatic heterocycles. The molecule has 1 aliphatic carbocycles. The maximum Gasteiger partial charge on any atom is 0.0641 e. The van der Waals surface area contributed by atoms with E-state index in [0.29, 0.717) is 0 Å². The predicted octanol–water partition coefficient (Wildman–Crippen LogP) is 2.61. The largest absolute Gasteiger partial charge is 0.298 e. The zero-order valence-corrected chi connectivity index (χ0v) is 7.41. The topological polar surface area (TPSA) is 20.7 Å². The van der Waals surface area contributed by atoms with Gasteiger partial charge in [-0.1, -0.05) is 24.3 Å². The van der Waals surface area contributed by atoms with Crippen LogP contribution in [0.1, 0.15) is 0 Å². The second-order valence-electron chi connectivity index (χ2n) is 3.41. The third-order valence-electron chi connectivity index (χ3n) is 2.46. The lowest BCUT2D eigenvalue weighted by Crippen LogP contribution is -1.84. The van der Waals surface area contributed by atoms with Crippen LogP contribution >= 0.6 is 0 Å². The Labute approximate surface area is 76.1 Å². The van der Waals surface area contributed by atoms with Gasteiger partial charge < -0.3 is 0 Å². The van der Waals surface area contributed by atoms with Crippen molar-refractivity contribution in [1.29, 1.82) is 0 Å². The van der Waals surface area contributed by atoms with Crippen LogP contribution in [0, 0.1) is 0 Å². The maximum absolute atomic E-state index is 3.26. The molecule has 2 heteroatoms. The van der Waals surface area contributed by atoms with Gasteiger partial charge in [0.2, 0.25) is 0 Å². The summed E-state index contributed by atoms with van der Waals surface area (Å²) in [6.45, 7) is 0. The van der Waals surface area contributed by atoms with Crippen molar-refractivity contribution in [3.63, 3.8) is 0 Å². The van der Waals surface area contributed by atoms with Crippen LogP contribution in [0.5, 0.6) is 0 Å². The fourth-order valence-corrected chi connectivity index (χ4v) is 1.89. The van der Waals surface area contributed by atoms with Crippen LogP contribution in [0.3, 0.4) is 0 Å². The normalized spacial score (nSPS) is 11.5. The van der Waals surface area contributed by atoms with Crippen LogP contribution < -0.4 is 0 Å². The zero-order chi connectivity index (χ0) is 8.84. The molecule has 1 aromatic carbocycles. The molecule has 2 aliphatic rings. The van der Waals surface area contributed by atoms with Crippen molar-refractivity contribution in [2.45, 2.75) is 0 Å². The summed E-state index contributed by atoms with van der Waals surface area (Å²) in [4.78, 5) is 0. The number of hydrogen-bond donors (Lipinski definition) is 1. The van der Waals surface area contributed by atoms with Crippen molar-refractivity contribution in [3.8, 4) is 11.3 Å². The van der Waals surface area contributed by atoms with Gasteiger partial charge in [0.05, 0.1) is 5.69 Å². The number of aromatic nitrogens is 2. The Kier molecular flexibility index (Phi) is 1.13. The molecule has 13 heavy (non-hydrogen) atoms. The van der Waals surface area contributed by atoms with Gasteiger partial charge in [-0.05, 0) is 16.8 Å². The van der Waals surface area contributed by atoms with Crippen LogP contribution in [0.2, 0.25) is 0 Å². The van der Waals surface area contributed by atoms with E-state index in [1.54, 1.807) is 0 Å². The fraction of sp³-hybridized carbons (Fsp3) is 0.0909. The summed E-state index contributed by atoms with van der Waals surface area (Å²) in [5.74, 6) is 0. The van der Waals surface area contributed by atoms with Gasteiger partial charge in [-0.2, -0.15) is 0 Å². The number of nitrogens with one attached hydrogen (secondary N) is 1. The van der Waals surface area contributed by atoms with Crippen LogP contribution in [0.25, 0.3) is 22.0 Å². The molecule has 0 saturated heterocycles. The molecule has 1 aromatic rings. The Morgan fingerprint density at radius 1 is 1.23 bits per heavy atom. The highest BCUT2D eigenvalue weighted by Crippen LogP contribution is 2.32. The minimum absolute atomic E-state index is 1.21. The maximum atomic E-state index is 3.26. The summed E-state index contributed by atoms with van der Waals surface area (Å²) in [7, 11) is 2.01. The Morgan fingerprint density at radius 3 is 3.00 bits per heavy atom. The van der Waals surface area contributed by atoms with Crippen molar-refractivity contribution >= 4 is 10.8 Å². The van der Waals surface area contributed by atoms with Gasteiger partial charge in [0, 0.05) is 18.8 Å². The third-order valence-corrected chi connectivity index (χ3v) is 2.46. The molecule has 2 nitrogen and oxygen atoms in total. The van der Waals surface area contributed by atoms with Gasteiger partial charge in [-0.25, -0.2) is 0 Å². The summed E-state index contributed by atoms with van der Waals surface area (Å²) >= 11 is 0. The van der Waals surface area contributed by atoms with Crippen LogP contribution in [0.4, 0.5) is 0 Å². The molecule has 1 N–H and O–H groups in total. The Balaban J connectivity index is 2.52. The molecule has 64 valence electrons. The van der Waals surface area contributed by atoms with Crippen molar-refractivity contribution in [3.05, 3.63) is 36.5 Å². The third kappa shape index (κ3) is 0.827. The van der Waals surface area contributed by atoms with E-state index >= 15 is 0 Å². The molecule has 0 spiro atoms. The molecule has 1 heterocycles. The summed E-state index contributed by atoms with van der Waals surface area (Å²) in [5.41, 5.74) is 2.52. The molecule has 0 amide bonds. The quantitative estimate of drug-likeness (QED) is 0.535. The number of hydrogen-bond acceptors (Lipinski definition) is 0. The summed E-state index contributed by atoms with van der Waals surface area (Å²) in [6.07, 6.45) is 2.12. The first-order valence-electron chi connectivity index (χ1n) is 4.37. The van der Waals surface area contributed by atoms with E-state index in [0.717, 1.165) is 0 Å². The number of rotatable bonds is 0. The molecule has 1 aliphatic heterocycles. The van der Waals surface area contributed by atoms with Gasteiger partial charge in [-0.15, -0.1) is 0 Å². The highest BCUT2D eigenvalue weighted by molar-refractivity contribution is 6.00. The minimum Gasteiger partial charge on any atom is -0.298 e. The number of aromatic amines is 1. The van der Waals surface area contributed by atoms with E-state index in [2.05, 4.69) is 41.6 Å². The molecule has 0 saturated carbocycles. The Morgan fingerprint density at radius 2 is 2.08 bits per heavy atom. The minimum atomic E-state index is 1.21. The van der Waals surface area contributed by atoms with E-state index < -0.39 is 0 Å². The van der Waals surface area contributed by atoms with E-state index in [1.807, 2.05) is 11.7 Å². The molecule has 0 fully saturated rings. The molecule has 0 unspecified atom stereocenters. The highest BCUT2D eigenvalue weighted by Gasteiger charge is 2.10. The number of nitrogens with zero attached hydrogens (tertiary/aromatic N) is 1. The molecule has 0 radical (unpaired) electrons. The lowest BCUT2D eigenvalue weighted by atomic mass is 10.2. The van der Waals surface area contributed by atoms with E-state index in [1.165, 1.54) is 22.0 Å². The van der Waals surface area contributed by atoms with Gasteiger partial charge in [-0.3, -0.25) is 9.78 Å². The summed E-state index contributed by atoms with van der Waals surface area (Å²) in [5, 5.41) is 5.90. The second kappa shape index (κ2) is 2.16. The lowest BCUT2D eigenvalue weighted by molar-refractivity contribution is 0.774. The fourth-order valence-electron chi connectivity index (χ4n) is 1.89. The monoisotopic (exact) mass is 170 g/mol. The zero-order valence-electron chi connectivity index (χ0n) is 7.41. The number of aryl methyl sites for hydroxylation is 1. The second-order valence-corrected chi connectivity index (χ2v) is 3.41. The summed E-state index contributed by atoms with van der Waals surface area (Å²) < 4.78 is 1.98. The number of benzene rings is 1. The lowest BCUT2D eigenvalue weighted by Gasteiger charge is -1.88. The smallest absolute Gasteiger partial charge is 0.0641 e. The van der Waals surface area contributed by atoms with Crippen LogP contribution in [0.15, 0.2) is 36.5 Å². The van der Waals surface area contributed by atoms with Crippen molar-refractivity contribution in [2.75, 3.05) is 0 Å². The Bertz CT molecular complexity index is 530. The van der Waals surface area contributed by atoms with Crippen molar-refractivity contribution in [1.82, 2.24) is 9.78 Å². The van der Waals surface area contributed by atoms with Crippen LogP contribution in [-0.2, 0) is 7.05 Å². The molecule has 3 rings (SSSR count). The molecular weight excluding hydrogens is 160 g/mol. The Hall–Kier alpha value is -1.70. The van der Waals surface area contributed by atoms with Crippen molar-refractivity contribution < 1.29 is 0 Å². The van der Waals surface area contributed by atoms with Crippen molar-refractivity contribution in [2.24, 2.45) is 7.05 Å². The van der Waals surface area contributed by atoms with Crippen LogP contribution in [-0.4, -0.2) is 9.78 Å². The number of fused-ring (bicyclic) bond motifs is 3. The standard InChI is InChI=1S/C11H10N2/c1-13-7-10-9-5-3-2-4-8(9)6-11(10)12-13/h2-7,12H,1H3. The summed E-state index contributed by atoms with van der Waals surface area (Å²) in [6, 6.07) is 10.6. The first-order chi connectivity index (χ1) is 6.34. The van der Waals surface area contributed by atoms with Gasteiger partial charge in [0.25, 0.3) is 0 Å². The number of H-pyrrole nitrogens is 1. The highest BCUT2D eigenvalue weighted by atomic mass is 15.3. The van der Waals surface area contributed by atoms with Gasteiger partial charge in [0.1, 0.15) is 0 Å². The van der Waals surface area contributed by atoms with Gasteiger partial charge in [0.15, 0.2) is 0 Å².